The van der Waals surface area contributed by atoms with Gasteiger partial charge in [-0.3, -0.25) is 4.79 Å². The summed E-state index contributed by atoms with van der Waals surface area (Å²) in [4.78, 5) is 12.4. The minimum atomic E-state index is -0.0225. The third kappa shape index (κ3) is 4.51. The van der Waals surface area contributed by atoms with E-state index >= 15 is 0 Å². The van der Waals surface area contributed by atoms with E-state index in [0.717, 1.165) is 30.5 Å². The van der Waals surface area contributed by atoms with Crippen LogP contribution in [0.3, 0.4) is 0 Å². The van der Waals surface area contributed by atoms with Crippen molar-refractivity contribution in [3.05, 3.63) is 41.5 Å². The normalized spacial score (nSPS) is 21.7. The molecule has 1 amide bonds. The molecular formula is C19H27ClN2O. The molecule has 3 rings (SSSR count). The maximum absolute atomic E-state index is 12.4. The van der Waals surface area contributed by atoms with Crippen molar-refractivity contribution in [1.29, 1.82) is 0 Å². The highest BCUT2D eigenvalue weighted by atomic mass is 35.5. The second-order valence-corrected chi connectivity index (χ2v) is 7.24. The van der Waals surface area contributed by atoms with Gasteiger partial charge < -0.3 is 10.6 Å². The van der Waals surface area contributed by atoms with Crippen molar-refractivity contribution in [3.63, 3.8) is 0 Å². The Morgan fingerprint density at radius 1 is 1.22 bits per heavy atom. The van der Waals surface area contributed by atoms with Gasteiger partial charge in [0.2, 0.25) is 5.91 Å². The number of fused-ring (bicyclic) bond motifs is 1. The lowest BCUT2D eigenvalue weighted by Crippen LogP contribution is -2.44. The molecule has 1 aliphatic carbocycles. The van der Waals surface area contributed by atoms with E-state index in [0.29, 0.717) is 6.04 Å². The molecule has 0 radical (unpaired) electrons. The molecule has 3 nitrogen and oxygen atoms in total. The zero-order valence-corrected chi connectivity index (χ0v) is 14.8. The Morgan fingerprint density at radius 2 is 1.91 bits per heavy atom. The van der Waals surface area contributed by atoms with Crippen LogP contribution < -0.4 is 10.6 Å². The lowest BCUT2D eigenvalue weighted by atomic mass is 9.86. The summed E-state index contributed by atoms with van der Waals surface area (Å²) in [6.07, 6.45) is 8.72. The van der Waals surface area contributed by atoms with Gasteiger partial charge in [-0.25, -0.2) is 0 Å². The van der Waals surface area contributed by atoms with Crippen molar-refractivity contribution in [2.24, 2.45) is 0 Å². The lowest BCUT2D eigenvalue weighted by Gasteiger charge is -2.35. The first kappa shape index (κ1) is 17.9. The third-order valence-corrected chi connectivity index (χ3v) is 4.64. The number of benzene rings is 1. The summed E-state index contributed by atoms with van der Waals surface area (Å²) in [5.41, 5.74) is 3.38. The maximum atomic E-state index is 12.4. The standard InChI is InChI=1S/C19H26N2O.ClH/c1-19(2)13-14-8-6-7-11-16(14)17(21-19)12-18(22)20-15-9-4-3-5-10-15;/h6-8,11-12,15,21H,3-5,9-10,13H2,1-2H3,(H,20,22);1H. The van der Waals surface area contributed by atoms with E-state index in [-0.39, 0.29) is 23.9 Å². The third-order valence-electron chi connectivity index (χ3n) is 4.64. The van der Waals surface area contributed by atoms with E-state index in [9.17, 15) is 4.79 Å². The number of rotatable bonds is 2. The molecular weight excluding hydrogens is 308 g/mol. The summed E-state index contributed by atoms with van der Waals surface area (Å²) in [6, 6.07) is 8.71. The Morgan fingerprint density at radius 3 is 2.65 bits per heavy atom. The van der Waals surface area contributed by atoms with Gasteiger partial charge in [0, 0.05) is 28.9 Å². The number of carbonyl (C=O) groups is 1. The van der Waals surface area contributed by atoms with Gasteiger partial charge in [-0.15, -0.1) is 12.4 Å². The predicted octanol–water partition coefficient (Wildman–Crippen LogP) is 3.82. The van der Waals surface area contributed by atoms with Gasteiger partial charge in [0.15, 0.2) is 0 Å². The topological polar surface area (TPSA) is 41.1 Å². The highest BCUT2D eigenvalue weighted by Gasteiger charge is 2.27. The summed E-state index contributed by atoms with van der Waals surface area (Å²) in [7, 11) is 0. The first-order valence-electron chi connectivity index (χ1n) is 8.42. The predicted molar refractivity (Wildman–Crippen MR) is 97.6 cm³/mol. The van der Waals surface area contributed by atoms with Crippen LogP contribution in [0, 0.1) is 0 Å². The molecule has 2 N–H and O–H groups in total. The second-order valence-electron chi connectivity index (χ2n) is 7.24. The highest BCUT2D eigenvalue weighted by Crippen LogP contribution is 2.29. The van der Waals surface area contributed by atoms with E-state index in [4.69, 9.17) is 0 Å². The zero-order valence-electron chi connectivity index (χ0n) is 14.0. The van der Waals surface area contributed by atoms with Gasteiger partial charge in [-0.2, -0.15) is 0 Å². The Labute approximate surface area is 145 Å². The molecule has 4 heteroatoms. The van der Waals surface area contributed by atoms with Crippen LogP contribution in [0.25, 0.3) is 5.70 Å². The van der Waals surface area contributed by atoms with E-state index in [1.165, 1.54) is 24.8 Å². The van der Waals surface area contributed by atoms with Crippen molar-refractivity contribution < 1.29 is 4.79 Å². The SMILES string of the molecule is CC1(C)Cc2ccccc2C(=CC(=O)NC2CCCCC2)N1.Cl. The van der Waals surface area contributed by atoms with Crippen molar-refractivity contribution in [2.75, 3.05) is 0 Å². The van der Waals surface area contributed by atoms with Gasteiger partial charge in [0.05, 0.1) is 0 Å². The van der Waals surface area contributed by atoms with E-state index in [1.807, 2.05) is 6.07 Å². The lowest BCUT2D eigenvalue weighted by molar-refractivity contribution is -0.117. The molecule has 1 saturated carbocycles. The Kier molecular flexibility index (Phi) is 5.74. The van der Waals surface area contributed by atoms with Crippen LogP contribution in [0.4, 0.5) is 0 Å². The van der Waals surface area contributed by atoms with Gasteiger partial charge in [-0.05, 0) is 38.7 Å². The number of hydrogen-bond donors (Lipinski definition) is 2. The van der Waals surface area contributed by atoms with Crippen LogP contribution in [0.5, 0.6) is 0 Å². The molecule has 23 heavy (non-hydrogen) atoms. The molecule has 0 aromatic heterocycles. The molecule has 1 aliphatic heterocycles. The molecule has 0 bridgehead atoms. The van der Waals surface area contributed by atoms with E-state index in [2.05, 4.69) is 42.7 Å². The Hall–Kier alpha value is -1.48. The van der Waals surface area contributed by atoms with Gasteiger partial charge in [0.25, 0.3) is 0 Å². The largest absolute Gasteiger partial charge is 0.379 e. The quantitative estimate of drug-likeness (QED) is 0.807. The zero-order chi connectivity index (χ0) is 15.6. The minimum Gasteiger partial charge on any atom is -0.379 e. The van der Waals surface area contributed by atoms with Crippen molar-refractivity contribution in [3.8, 4) is 0 Å². The summed E-state index contributed by atoms with van der Waals surface area (Å²) in [6.45, 7) is 4.35. The molecule has 0 saturated heterocycles. The van der Waals surface area contributed by atoms with Crippen molar-refractivity contribution in [2.45, 2.75) is 64.0 Å². The molecule has 0 atom stereocenters. The number of carbonyl (C=O) groups excluding carboxylic acids is 1. The molecule has 1 aromatic rings. The molecule has 1 aromatic carbocycles. The molecule has 1 heterocycles. The fourth-order valence-corrected chi connectivity index (χ4v) is 3.62. The highest BCUT2D eigenvalue weighted by molar-refractivity contribution is 5.95. The van der Waals surface area contributed by atoms with Crippen LogP contribution >= 0.6 is 12.4 Å². The van der Waals surface area contributed by atoms with Crippen LogP contribution in [-0.2, 0) is 11.2 Å². The van der Waals surface area contributed by atoms with Crippen LogP contribution in [-0.4, -0.2) is 17.5 Å². The van der Waals surface area contributed by atoms with Gasteiger partial charge in [0.1, 0.15) is 0 Å². The number of amides is 1. The fraction of sp³-hybridized carbons (Fsp3) is 0.526. The van der Waals surface area contributed by atoms with Crippen LogP contribution in [0.2, 0.25) is 0 Å². The molecule has 0 unspecified atom stereocenters. The minimum absolute atomic E-state index is 0. The van der Waals surface area contributed by atoms with E-state index < -0.39 is 0 Å². The second kappa shape index (κ2) is 7.39. The monoisotopic (exact) mass is 334 g/mol. The average molecular weight is 335 g/mol. The van der Waals surface area contributed by atoms with Crippen LogP contribution in [0.1, 0.15) is 57.1 Å². The summed E-state index contributed by atoms with van der Waals surface area (Å²) in [5, 5.41) is 6.69. The van der Waals surface area contributed by atoms with Crippen LogP contribution in [0.15, 0.2) is 30.3 Å². The average Bonchev–Trinajstić information content (AvgIpc) is 2.47. The van der Waals surface area contributed by atoms with Gasteiger partial charge >= 0.3 is 0 Å². The summed E-state index contributed by atoms with van der Waals surface area (Å²) < 4.78 is 0. The molecule has 2 aliphatic rings. The molecule has 1 fully saturated rings. The van der Waals surface area contributed by atoms with Crippen molar-refractivity contribution in [1.82, 2.24) is 10.6 Å². The Bertz CT molecular complexity index is 589. The number of hydrogen-bond acceptors (Lipinski definition) is 2. The Balaban J connectivity index is 0.00000192. The molecule has 0 spiro atoms. The van der Waals surface area contributed by atoms with E-state index in [1.54, 1.807) is 6.08 Å². The first-order valence-corrected chi connectivity index (χ1v) is 8.42. The number of nitrogens with one attached hydrogen (secondary N) is 2. The van der Waals surface area contributed by atoms with Crippen molar-refractivity contribution >= 4 is 24.0 Å². The van der Waals surface area contributed by atoms with Gasteiger partial charge in [-0.1, -0.05) is 43.5 Å². The summed E-state index contributed by atoms with van der Waals surface area (Å²) in [5.74, 6) is 0.0295. The molecule has 126 valence electrons. The summed E-state index contributed by atoms with van der Waals surface area (Å²) >= 11 is 0. The maximum Gasteiger partial charge on any atom is 0.246 e. The first-order chi connectivity index (χ1) is 10.5. The smallest absolute Gasteiger partial charge is 0.246 e. The number of halogens is 1. The fourth-order valence-electron chi connectivity index (χ4n) is 3.62.